The highest BCUT2D eigenvalue weighted by atomic mass is 19.4. The maximum Gasteiger partial charge on any atom is 0.490 e. The monoisotopic (exact) mass is 538 g/mol. The Bertz CT molecular complexity index is 1470. The lowest BCUT2D eigenvalue weighted by Crippen LogP contribution is -2.31. The topological polar surface area (TPSA) is 105 Å². The van der Waals surface area contributed by atoms with Gasteiger partial charge >= 0.3 is 12.1 Å². The van der Waals surface area contributed by atoms with Crippen molar-refractivity contribution < 1.29 is 32.7 Å². The van der Waals surface area contributed by atoms with Crippen LogP contribution in [0.4, 0.5) is 13.2 Å². The number of alkyl halides is 3. The van der Waals surface area contributed by atoms with Crippen molar-refractivity contribution in [3.8, 4) is 0 Å². The Morgan fingerprint density at radius 2 is 1.56 bits per heavy atom. The number of carboxylic acids is 1. The van der Waals surface area contributed by atoms with Crippen LogP contribution in [0.2, 0.25) is 0 Å². The number of amides is 2. The van der Waals surface area contributed by atoms with Gasteiger partial charge in [-0.05, 0) is 23.6 Å². The minimum absolute atomic E-state index is 0.0512. The quantitative estimate of drug-likeness (QED) is 0.385. The zero-order valence-corrected chi connectivity index (χ0v) is 20.7. The highest BCUT2D eigenvalue weighted by molar-refractivity contribution is 6.14. The summed E-state index contributed by atoms with van der Waals surface area (Å²) < 4.78 is 33.6. The lowest BCUT2D eigenvalue weighted by atomic mass is 10.1. The van der Waals surface area contributed by atoms with Crippen LogP contribution in [0.25, 0.3) is 10.8 Å². The molecule has 1 aliphatic heterocycles. The number of halogens is 3. The van der Waals surface area contributed by atoms with Crippen LogP contribution in [0.15, 0.2) is 79.1 Å². The maximum atomic E-state index is 13.6. The summed E-state index contributed by atoms with van der Waals surface area (Å²) in [4.78, 5) is 41.8. The van der Waals surface area contributed by atoms with Gasteiger partial charge in [-0.2, -0.15) is 13.2 Å². The number of nitrogens with one attached hydrogen (secondary N) is 1. The van der Waals surface area contributed by atoms with Gasteiger partial charge in [0.25, 0.3) is 11.8 Å². The van der Waals surface area contributed by atoms with E-state index >= 15 is 0 Å². The van der Waals surface area contributed by atoms with Crippen molar-refractivity contribution in [2.75, 3.05) is 6.54 Å². The van der Waals surface area contributed by atoms with Crippen LogP contribution < -0.4 is 5.32 Å². The average Bonchev–Trinajstić information content (AvgIpc) is 3.17. The largest absolute Gasteiger partial charge is 0.490 e. The summed E-state index contributed by atoms with van der Waals surface area (Å²) >= 11 is 0. The highest BCUT2D eigenvalue weighted by Crippen LogP contribution is 2.30. The number of pyridine rings is 1. The van der Waals surface area contributed by atoms with Crippen LogP contribution in [0.3, 0.4) is 0 Å². The van der Waals surface area contributed by atoms with Crippen LogP contribution in [-0.2, 0) is 24.4 Å². The summed E-state index contributed by atoms with van der Waals surface area (Å²) in [5.41, 5.74) is 3.17. The molecule has 0 radical (unpaired) electrons. The number of carbonyl (C=O) groups excluding carboxylic acids is 2. The van der Waals surface area contributed by atoms with Crippen molar-refractivity contribution in [1.82, 2.24) is 19.8 Å². The summed E-state index contributed by atoms with van der Waals surface area (Å²) in [6.45, 7) is 2.19. The SMILES string of the molecule is O=C(NCc1ccccc1)c1c2ccccc2c2n1CCCN(Cc1cccnc1)C2=O.O=C(O)C(F)(F)F. The van der Waals surface area contributed by atoms with Gasteiger partial charge in [-0.3, -0.25) is 14.6 Å². The van der Waals surface area contributed by atoms with E-state index in [0.717, 1.165) is 28.3 Å². The molecular formula is C28H25F3N4O4. The van der Waals surface area contributed by atoms with Crippen LogP contribution in [-0.4, -0.2) is 50.1 Å². The number of hydrogen-bond donors (Lipinski definition) is 2. The summed E-state index contributed by atoms with van der Waals surface area (Å²) in [6, 6.07) is 21.4. The van der Waals surface area contributed by atoms with Gasteiger partial charge in [0.15, 0.2) is 0 Å². The van der Waals surface area contributed by atoms with E-state index in [2.05, 4.69) is 10.3 Å². The number of nitrogens with zero attached hydrogens (tertiary/aromatic N) is 3. The minimum atomic E-state index is -5.08. The Balaban J connectivity index is 0.000000448. The molecule has 0 saturated heterocycles. The van der Waals surface area contributed by atoms with Crippen molar-refractivity contribution in [3.63, 3.8) is 0 Å². The molecule has 39 heavy (non-hydrogen) atoms. The van der Waals surface area contributed by atoms with E-state index in [1.807, 2.05) is 76.2 Å². The van der Waals surface area contributed by atoms with E-state index in [9.17, 15) is 22.8 Å². The Morgan fingerprint density at radius 3 is 2.21 bits per heavy atom. The number of hydrogen-bond acceptors (Lipinski definition) is 4. The summed E-state index contributed by atoms with van der Waals surface area (Å²) in [5.74, 6) is -2.97. The highest BCUT2D eigenvalue weighted by Gasteiger charge is 2.38. The summed E-state index contributed by atoms with van der Waals surface area (Å²) in [5, 5.41) is 11.8. The summed E-state index contributed by atoms with van der Waals surface area (Å²) in [6.07, 6.45) is -0.788. The van der Waals surface area contributed by atoms with E-state index in [4.69, 9.17) is 9.90 Å². The van der Waals surface area contributed by atoms with E-state index < -0.39 is 12.1 Å². The second-order valence-corrected chi connectivity index (χ2v) is 8.81. The first kappa shape index (κ1) is 27.4. The fraction of sp³-hybridized carbons (Fsp3) is 0.214. The lowest BCUT2D eigenvalue weighted by Gasteiger charge is -2.20. The third-order valence-corrected chi connectivity index (χ3v) is 6.13. The Morgan fingerprint density at radius 1 is 0.923 bits per heavy atom. The van der Waals surface area contributed by atoms with Crippen LogP contribution >= 0.6 is 0 Å². The second-order valence-electron chi connectivity index (χ2n) is 8.81. The zero-order chi connectivity index (χ0) is 28.0. The number of carbonyl (C=O) groups is 3. The number of aliphatic carboxylic acids is 1. The first-order valence-electron chi connectivity index (χ1n) is 12.1. The van der Waals surface area contributed by atoms with Gasteiger partial charge in [0.05, 0.1) is 0 Å². The molecule has 5 rings (SSSR count). The molecular weight excluding hydrogens is 513 g/mol. The molecule has 3 heterocycles. The van der Waals surface area contributed by atoms with E-state index in [0.29, 0.717) is 37.6 Å². The third-order valence-electron chi connectivity index (χ3n) is 6.13. The zero-order valence-electron chi connectivity index (χ0n) is 20.7. The number of carboxylic acid groups (broad SMARTS) is 1. The molecule has 0 atom stereocenters. The molecule has 4 aromatic rings. The smallest absolute Gasteiger partial charge is 0.475 e. The number of benzene rings is 2. The third kappa shape index (κ3) is 6.43. The van der Waals surface area contributed by atoms with Gasteiger partial charge in [-0.15, -0.1) is 0 Å². The Labute approximate surface area is 221 Å². The van der Waals surface area contributed by atoms with Gasteiger partial charge in [0.2, 0.25) is 0 Å². The molecule has 2 amide bonds. The molecule has 202 valence electrons. The number of rotatable bonds is 5. The Hall–Kier alpha value is -4.67. The van der Waals surface area contributed by atoms with Crippen molar-refractivity contribution in [1.29, 1.82) is 0 Å². The molecule has 2 N–H and O–H groups in total. The fourth-order valence-electron chi connectivity index (χ4n) is 4.39. The molecule has 2 aromatic heterocycles. The van der Waals surface area contributed by atoms with Crippen molar-refractivity contribution >= 4 is 28.6 Å². The van der Waals surface area contributed by atoms with Gasteiger partial charge < -0.3 is 19.9 Å². The van der Waals surface area contributed by atoms with Crippen LogP contribution in [0.5, 0.6) is 0 Å². The fourth-order valence-corrected chi connectivity index (χ4v) is 4.39. The maximum absolute atomic E-state index is 13.6. The molecule has 0 bridgehead atoms. The molecule has 0 saturated carbocycles. The lowest BCUT2D eigenvalue weighted by molar-refractivity contribution is -0.192. The second kappa shape index (κ2) is 11.8. The van der Waals surface area contributed by atoms with Gasteiger partial charge in [-0.25, -0.2) is 4.79 Å². The van der Waals surface area contributed by atoms with E-state index in [1.165, 1.54) is 0 Å². The van der Waals surface area contributed by atoms with Crippen molar-refractivity contribution in [3.05, 3.63) is 102 Å². The Kier molecular flexibility index (Phi) is 8.28. The molecule has 0 spiro atoms. The van der Waals surface area contributed by atoms with Gasteiger partial charge in [0, 0.05) is 49.3 Å². The van der Waals surface area contributed by atoms with Crippen molar-refractivity contribution in [2.24, 2.45) is 0 Å². The van der Waals surface area contributed by atoms with Gasteiger partial charge in [0.1, 0.15) is 11.4 Å². The molecule has 11 heteroatoms. The predicted octanol–water partition coefficient (Wildman–Crippen LogP) is 4.65. The first-order chi connectivity index (χ1) is 18.7. The minimum Gasteiger partial charge on any atom is -0.475 e. The van der Waals surface area contributed by atoms with E-state index in [1.54, 1.807) is 12.4 Å². The molecule has 0 unspecified atom stereocenters. The number of fused-ring (bicyclic) bond motifs is 3. The molecule has 8 nitrogen and oxygen atoms in total. The van der Waals surface area contributed by atoms with Crippen LogP contribution in [0.1, 0.15) is 38.5 Å². The van der Waals surface area contributed by atoms with Crippen molar-refractivity contribution in [2.45, 2.75) is 32.2 Å². The predicted molar refractivity (Wildman–Crippen MR) is 137 cm³/mol. The molecule has 0 fully saturated rings. The van der Waals surface area contributed by atoms with Gasteiger partial charge in [-0.1, -0.05) is 60.7 Å². The van der Waals surface area contributed by atoms with E-state index in [-0.39, 0.29) is 11.8 Å². The number of aromatic nitrogens is 2. The standard InChI is InChI=1S/C26H24N4O2.C2HF3O2/c31-25(28-17-19-8-2-1-3-9-19)23-21-11-4-5-12-22(21)24-26(32)29(14-7-15-30(23)24)18-20-10-6-13-27-16-20;3-2(4,5)1(6)7/h1-6,8-13,16H,7,14-15,17-18H2,(H,28,31);(H,6,7). The molecule has 0 aliphatic carbocycles. The normalized spacial score (nSPS) is 13.2. The molecule has 1 aliphatic rings. The average molecular weight is 539 g/mol. The summed E-state index contributed by atoms with van der Waals surface area (Å²) in [7, 11) is 0. The van der Waals surface area contributed by atoms with Crippen LogP contribution in [0, 0.1) is 0 Å². The first-order valence-corrected chi connectivity index (χ1v) is 12.1. The molecule has 2 aromatic carbocycles.